The Morgan fingerprint density at radius 3 is 3.09 bits per heavy atom. The Bertz CT molecular complexity index is 713. The molecule has 0 aromatic carbocycles. The van der Waals surface area contributed by atoms with Crippen molar-refractivity contribution >= 4 is 5.91 Å². The molecule has 0 unspecified atom stereocenters. The van der Waals surface area contributed by atoms with Gasteiger partial charge in [0.25, 0.3) is 5.91 Å². The minimum Gasteiger partial charge on any atom is -0.449 e. The van der Waals surface area contributed by atoms with Crippen molar-refractivity contribution in [1.82, 2.24) is 19.7 Å². The molecule has 2 aromatic heterocycles. The second-order valence-electron chi connectivity index (χ2n) is 5.32. The molecule has 0 radical (unpaired) electrons. The third-order valence-electron chi connectivity index (χ3n) is 3.73. The fraction of sp³-hybridized carbons (Fsp3) is 0.429. The second kappa shape index (κ2) is 5.99. The lowest BCUT2D eigenvalue weighted by molar-refractivity contribution is 0.0988. The Morgan fingerprint density at radius 2 is 2.41 bits per heavy atom. The number of nitriles is 1. The summed E-state index contributed by atoms with van der Waals surface area (Å²) in [6.07, 6.45) is 3.54. The first-order chi connectivity index (χ1) is 10.7. The van der Waals surface area contributed by atoms with Crippen LogP contribution in [0.2, 0.25) is 0 Å². The van der Waals surface area contributed by atoms with Crippen molar-refractivity contribution in [3.05, 3.63) is 35.8 Å². The van der Waals surface area contributed by atoms with E-state index in [4.69, 9.17) is 15.4 Å². The molecule has 22 heavy (non-hydrogen) atoms. The SMILES string of the molecule is N#Cc1ccc(CN2CCC[C@H](n3cnc(C(N)=O)n3)C2)o1. The molecule has 1 fully saturated rings. The van der Waals surface area contributed by atoms with E-state index < -0.39 is 5.91 Å². The summed E-state index contributed by atoms with van der Waals surface area (Å²) in [6.45, 7) is 2.39. The third-order valence-corrected chi connectivity index (χ3v) is 3.73. The molecule has 2 aromatic rings. The van der Waals surface area contributed by atoms with Crippen LogP contribution >= 0.6 is 0 Å². The molecule has 1 aliphatic rings. The number of aromatic nitrogens is 3. The van der Waals surface area contributed by atoms with Gasteiger partial charge in [0.15, 0.2) is 0 Å². The molecule has 8 nitrogen and oxygen atoms in total. The summed E-state index contributed by atoms with van der Waals surface area (Å²) < 4.78 is 7.12. The number of carbonyl (C=O) groups excluding carboxylic acids is 1. The van der Waals surface area contributed by atoms with Gasteiger partial charge in [-0.1, -0.05) is 0 Å². The average molecular weight is 300 g/mol. The number of likely N-dealkylation sites (tertiary alicyclic amines) is 1. The quantitative estimate of drug-likeness (QED) is 0.888. The van der Waals surface area contributed by atoms with Crippen molar-refractivity contribution in [3.63, 3.8) is 0 Å². The molecular formula is C14H16N6O2. The van der Waals surface area contributed by atoms with E-state index in [1.165, 1.54) is 0 Å². The summed E-state index contributed by atoms with van der Waals surface area (Å²) in [6, 6.07) is 5.63. The molecule has 0 bridgehead atoms. The van der Waals surface area contributed by atoms with Crippen LogP contribution in [0.25, 0.3) is 0 Å². The number of nitrogens with two attached hydrogens (primary N) is 1. The van der Waals surface area contributed by atoms with Crippen LogP contribution < -0.4 is 5.73 Å². The maximum atomic E-state index is 11.1. The van der Waals surface area contributed by atoms with Gasteiger partial charge >= 0.3 is 0 Å². The van der Waals surface area contributed by atoms with Gasteiger partial charge < -0.3 is 10.2 Å². The van der Waals surface area contributed by atoms with Crippen LogP contribution in [0.15, 0.2) is 22.9 Å². The van der Waals surface area contributed by atoms with Crippen LogP contribution in [0.1, 0.15) is 41.0 Å². The Labute approximate surface area is 127 Å². The molecule has 0 aliphatic carbocycles. The molecule has 1 amide bonds. The number of piperidine rings is 1. The smallest absolute Gasteiger partial charge is 0.288 e. The van der Waals surface area contributed by atoms with Crippen LogP contribution in [0.5, 0.6) is 0 Å². The Hall–Kier alpha value is -2.66. The van der Waals surface area contributed by atoms with E-state index in [-0.39, 0.29) is 11.9 Å². The van der Waals surface area contributed by atoms with Gasteiger partial charge in [-0.15, -0.1) is 5.10 Å². The van der Waals surface area contributed by atoms with Crippen molar-refractivity contribution in [2.45, 2.75) is 25.4 Å². The summed E-state index contributed by atoms with van der Waals surface area (Å²) in [4.78, 5) is 17.2. The fourth-order valence-corrected chi connectivity index (χ4v) is 2.70. The van der Waals surface area contributed by atoms with Gasteiger partial charge in [-0.25, -0.2) is 9.67 Å². The van der Waals surface area contributed by atoms with Crippen LogP contribution in [-0.4, -0.2) is 38.7 Å². The van der Waals surface area contributed by atoms with E-state index in [1.807, 2.05) is 12.1 Å². The molecule has 8 heteroatoms. The number of primary amides is 1. The number of carbonyl (C=O) groups is 1. The molecule has 1 saturated heterocycles. The fourth-order valence-electron chi connectivity index (χ4n) is 2.70. The number of hydrogen-bond donors (Lipinski definition) is 1. The van der Waals surface area contributed by atoms with Gasteiger partial charge in [0.1, 0.15) is 18.2 Å². The first-order valence-corrected chi connectivity index (χ1v) is 7.08. The summed E-state index contributed by atoms with van der Waals surface area (Å²) >= 11 is 0. The van der Waals surface area contributed by atoms with E-state index in [0.717, 1.165) is 31.7 Å². The Balaban J connectivity index is 1.65. The number of rotatable bonds is 4. The maximum absolute atomic E-state index is 11.1. The zero-order valence-corrected chi connectivity index (χ0v) is 12.0. The van der Waals surface area contributed by atoms with Gasteiger partial charge in [-0.2, -0.15) is 5.26 Å². The molecule has 3 rings (SSSR count). The molecule has 1 atom stereocenters. The van der Waals surface area contributed by atoms with Gasteiger partial charge in [0, 0.05) is 6.54 Å². The molecule has 114 valence electrons. The van der Waals surface area contributed by atoms with E-state index in [2.05, 4.69) is 15.0 Å². The zero-order chi connectivity index (χ0) is 15.5. The molecule has 1 aliphatic heterocycles. The number of hydrogen-bond acceptors (Lipinski definition) is 6. The molecule has 0 saturated carbocycles. The third kappa shape index (κ3) is 2.99. The average Bonchev–Trinajstić information content (AvgIpc) is 3.16. The molecule has 0 spiro atoms. The predicted molar refractivity (Wildman–Crippen MR) is 75.5 cm³/mol. The monoisotopic (exact) mass is 300 g/mol. The van der Waals surface area contributed by atoms with E-state index in [0.29, 0.717) is 12.3 Å². The minimum absolute atomic E-state index is 0.0434. The van der Waals surface area contributed by atoms with Crippen molar-refractivity contribution in [2.24, 2.45) is 5.73 Å². The highest BCUT2D eigenvalue weighted by Crippen LogP contribution is 2.22. The topological polar surface area (TPSA) is 114 Å². The lowest BCUT2D eigenvalue weighted by Crippen LogP contribution is -2.36. The highest BCUT2D eigenvalue weighted by molar-refractivity contribution is 5.88. The largest absolute Gasteiger partial charge is 0.449 e. The van der Waals surface area contributed by atoms with Gasteiger partial charge in [-0.05, 0) is 31.5 Å². The van der Waals surface area contributed by atoms with E-state index in [9.17, 15) is 4.79 Å². The first kappa shape index (κ1) is 14.3. The van der Waals surface area contributed by atoms with Crippen LogP contribution in [0.3, 0.4) is 0 Å². The summed E-state index contributed by atoms with van der Waals surface area (Å²) in [5, 5.41) is 12.9. The second-order valence-corrected chi connectivity index (χ2v) is 5.32. The van der Waals surface area contributed by atoms with Crippen LogP contribution in [0, 0.1) is 11.3 Å². The van der Waals surface area contributed by atoms with E-state index >= 15 is 0 Å². The predicted octanol–water partition coefficient (Wildman–Crippen LogP) is 0.679. The molecular weight excluding hydrogens is 284 g/mol. The summed E-state index contributed by atoms with van der Waals surface area (Å²) in [7, 11) is 0. The highest BCUT2D eigenvalue weighted by atomic mass is 16.3. The van der Waals surface area contributed by atoms with Gasteiger partial charge in [0.2, 0.25) is 11.6 Å². The van der Waals surface area contributed by atoms with Gasteiger partial charge in [0.05, 0.1) is 12.6 Å². The summed E-state index contributed by atoms with van der Waals surface area (Å²) in [5.74, 6) is 0.521. The van der Waals surface area contributed by atoms with Crippen molar-refractivity contribution in [3.8, 4) is 6.07 Å². The number of amides is 1. The molecule has 3 heterocycles. The zero-order valence-electron chi connectivity index (χ0n) is 12.0. The standard InChI is InChI=1S/C14H16N6O2/c15-6-11-3-4-12(22-11)8-19-5-1-2-10(7-19)20-9-17-14(18-20)13(16)21/h3-4,9-10H,1-2,5,7-8H2,(H2,16,21)/t10-/m0/s1. The van der Waals surface area contributed by atoms with Crippen LogP contribution in [-0.2, 0) is 6.54 Å². The normalized spacial score (nSPS) is 19.0. The Morgan fingerprint density at radius 1 is 1.55 bits per heavy atom. The molecule has 2 N–H and O–H groups in total. The lowest BCUT2D eigenvalue weighted by Gasteiger charge is -2.31. The first-order valence-electron chi connectivity index (χ1n) is 7.08. The summed E-state index contributed by atoms with van der Waals surface area (Å²) in [5.41, 5.74) is 5.18. The van der Waals surface area contributed by atoms with Crippen molar-refractivity contribution in [1.29, 1.82) is 5.26 Å². The van der Waals surface area contributed by atoms with Crippen LogP contribution in [0.4, 0.5) is 0 Å². The minimum atomic E-state index is -0.619. The van der Waals surface area contributed by atoms with Gasteiger partial charge in [-0.3, -0.25) is 9.69 Å². The maximum Gasteiger partial charge on any atom is 0.288 e. The lowest BCUT2D eigenvalue weighted by atomic mass is 10.1. The highest BCUT2D eigenvalue weighted by Gasteiger charge is 2.23. The number of furan rings is 1. The van der Waals surface area contributed by atoms with Crippen molar-refractivity contribution in [2.75, 3.05) is 13.1 Å². The van der Waals surface area contributed by atoms with Crippen molar-refractivity contribution < 1.29 is 9.21 Å². The van der Waals surface area contributed by atoms with E-state index in [1.54, 1.807) is 17.1 Å². The number of nitrogens with zero attached hydrogens (tertiary/aromatic N) is 5. The Kier molecular flexibility index (Phi) is 3.89.